The fourth-order valence-corrected chi connectivity index (χ4v) is 5.34. The first-order valence-electron chi connectivity index (χ1n) is 36.2. The van der Waals surface area contributed by atoms with E-state index < -0.39 is 0 Å². The molecule has 8 heterocycles. The van der Waals surface area contributed by atoms with Crippen LogP contribution < -0.4 is 0 Å². The van der Waals surface area contributed by atoms with Crippen LogP contribution in [0.4, 0.5) is 0 Å². The monoisotopic (exact) mass is 1360 g/mol. The van der Waals surface area contributed by atoms with Crippen LogP contribution in [0.15, 0.2) is 182 Å². The van der Waals surface area contributed by atoms with Gasteiger partial charge in [0.25, 0.3) is 0 Å². The minimum Gasteiger partial charge on any atom is -0.264 e. The molecule has 0 fully saturated rings. The number of thiophene rings is 2. The molecule has 0 bridgehead atoms. The molecule has 11 heteroatoms. The zero-order valence-electron chi connectivity index (χ0n) is 70.7. The highest BCUT2D eigenvalue weighted by atomic mass is 32.1. The molecule has 8 aromatic heterocycles. The Labute approximate surface area is 604 Å². The van der Waals surface area contributed by atoms with Gasteiger partial charge in [-0.3, -0.25) is 15.0 Å². The number of aromatic nitrogens is 9. The van der Waals surface area contributed by atoms with Crippen molar-refractivity contribution < 1.29 is 0 Å². The lowest BCUT2D eigenvalue weighted by Gasteiger charge is -1.82. The normalized spacial score (nSPS) is 6.89. The first-order valence-corrected chi connectivity index (χ1v) is 37.9. The number of pyridine rings is 3. The molecule has 0 atom stereocenters. The molecule has 0 aliphatic carbocycles. The van der Waals surface area contributed by atoms with E-state index in [2.05, 4.69) is 115 Å². The predicted octanol–water partition coefficient (Wildman–Crippen LogP) is 29.7. The molecule has 95 heavy (non-hydrogen) atoms. The highest BCUT2D eigenvalue weighted by Crippen LogP contribution is 2.13. The molecule has 9 rings (SSSR count). The summed E-state index contributed by atoms with van der Waals surface area (Å²) in [5, 5.41) is 4.23. The average Bonchev–Trinajstić information content (AvgIpc) is 3.51. The summed E-state index contributed by atoms with van der Waals surface area (Å²) in [6.45, 7) is 86.4. The molecule has 0 unspecified atom stereocenters. The third kappa shape index (κ3) is 132. The van der Waals surface area contributed by atoms with Gasteiger partial charge in [-0.2, -0.15) is 0 Å². The van der Waals surface area contributed by atoms with Gasteiger partial charge in [0.05, 0.1) is 0 Å². The Kier molecular flexibility index (Phi) is 195. The van der Waals surface area contributed by atoms with Gasteiger partial charge in [0, 0.05) is 83.1 Å². The van der Waals surface area contributed by atoms with Crippen molar-refractivity contribution in [3.05, 3.63) is 243 Å². The first kappa shape index (κ1) is 129. The number of aryl methyl sites for hydroxylation is 11. The molecular weight excluding hydrogens is 1200 g/mol. The molecule has 0 aliphatic rings. The van der Waals surface area contributed by atoms with Crippen LogP contribution in [0.3, 0.4) is 0 Å². The van der Waals surface area contributed by atoms with Crippen molar-refractivity contribution in [2.45, 2.75) is 298 Å². The number of hydrogen-bond acceptors (Lipinski definition) is 11. The number of benzene rings is 1. The molecule has 0 radical (unpaired) electrons. The molecule has 0 saturated carbocycles. The van der Waals surface area contributed by atoms with E-state index >= 15 is 0 Å². The van der Waals surface area contributed by atoms with Crippen molar-refractivity contribution >= 4 is 22.7 Å². The maximum absolute atomic E-state index is 3.98. The summed E-state index contributed by atoms with van der Waals surface area (Å²) >= 11 is 3.61. The molecule has 1 aromatic carbocycles. The topological polar surface area (TPSA) is 116 Å². The summed E-state index contributed by atoms with van der Waals surface area (Å²) in [7, 11) is 0. The third-order valence-electron chi connectivity index (χ3n) is 7.72. The molecule has 0 aliphatic heterocycles. The van der Waals surface area contributed by atoms with Crippen LogP contribution in [-0.4, -0.2) is 44.9 Å². The zero-order valence-corrected chi connectivity index (χ0v) is 72.3. The van der Waals surface area contributed by atoms with E-state index in [9.17, 15) is 0 Å². The summed E-state index contributed by atoms with van der Waals surface area (Å²) in [5.41, 5.74) is 9.74. The fourth-order valence-electron chi connectivity index (χ4n) is 3.88. The largest absolute Gasteiger partial charge is 0.264 e. The van der Waals surface area contributed by atoms with Gasteiger partial charge < -0.3 is 0 Å². The quantitative estimate of drug-likeness (QED) is 0.146. The van der Waals surface area contributed by atoms with E-state index in [1.807, 2.05) is 342 Å². The summed E-state index contributed by atoms with van der Waals surface area (Å²) in [4.78, 5) is 37.5. The van der Waals surface area contributed by atoms with Gasteiger partial charge in [0.1, 0.15) is 18.5 Å². The van der Waals surface area contributed by atoms with Crippen LogP contribution in [0.5, 0.6) is 0 Å². The maximum Gasteiger partial charge on any atom is 0.125 e. The molecule has 9 nitrogen and oxygen atoms in total. The van der Waals surface area contributed by atoms with E-state index in [1.165, 1.54) is 50.2 Å². The summed E-state index contributed by atoms with van der Waals surface area (Å²) in [6, 6.07) is 31.9. The zero-order chi connectivity index (χ0) is 78.3. The van der Waals surface area contributed by atoms with Crippen LogP contribution in [-0.2, 0) is 0 Å². The van der Waals surface area contributed by atoms with Crippen LogP contribution in [0.2, 0.25) is 0 Å². The summed E-state index contributed by atoms with van der Waals surface area (Å²) < 4.78 is 0. The van der Waals surface area contributed by atoms with Gasteiger partial charge in [0.15, 0.2) is 0 Å². The molecule has 0 N–H and O–H groups in total. The van der Waals surface area contributed by atoms with Gasteiger partial charge in [0.2, 0.25) is 0 Å². The molecule has 0 amide bonds. The van der Waals surface area contributed by atoms with Gasteiger partial charge in [-0.05, 0) is 163 Å². The first-order chi connectivity index (χ1) is 46.4. The van der Waals surface area contributed by atoms with Crippen LogP contribution in [0.25, 0.3) is 0 Å². The molecule has 0 spiro atoms. The van der Waals surface area contributed by atoms with Crippen molar-refractivity contribution in [3.8, 4) is 0 Å². The predicted molar refractivity (Wildman–Crippen MR) is 448 cm³/mol. The maximum atomic E-state index is 3.98. The smallest absolute Gasteiger partial charge is 0.125 e. The van der Waals surface area contributed by atoms with Crippen molar-refractivity contribution in [1.82, 2.24) is 44.9 Å². The standard InChI is InChI=1S/C7H8.3C6H7N.2C6H8S.3C5H6N2.16C2H6/c1-7-5-3-2-4-6-7;2*1-6-3-2-4-7-5-6;1-6-4-2-3-5-7-6;2*1-5-3-4-7-6(5)2;1-5-2-6-4-7-3-5;1-5-2-3-6-4-7-5;1-5-6-3-2-4-7-5;16*1-2/h2-6H,1H3;3*2-5H,1H3;2*3-4H,1-2H3;3*2-4H,1H3;16*1-2H3. The summed E-state index contributed by atoms with van der Waals surface area (Å²) in [5.74, 6) is 0.822. The minimum atomic E-state index is 0.822. The second-order valence-electron chi connectivity index (χ2n) is 13.6. The van der Waals surface area contributed by atoms with Crippen molar-refractivity contribution in [2.75, 3.05) is 0 Å². The van der Waals surface area contributed by atoms with Gasteiger partial charge in [-0.15, -0.1) is 22.7 Å². The van der Waals surface area contributed by atoms with Crippen molar-refractivity contribution in [2.24, 2.45) is 0 Å². The number of hydrogen-bond donors (Lipinski definition) is 0. The van der Waals surface area contributed by atoms with E-state index in [1.54, 1.807) is 78.3 Å². The molecule has 9 aromatic rings. The Bertz CT molecular complexity index is 1900. The number of rotatable bonds is 0. The lowest BCUT2D eigenvalue weighted by Crippen LogP contribution is -1.80. The Morgan fingerprint density at radius 1 is 0.221 bits per heavy atom. The lowest BCUT2D eigenvalue weighted by atomic mass is 10.2. The van der Waals surface area contributed by atoms with Crippen molar-refractivity contribution in [1.29, 1.82) is 0 Å². The van der Waals surface area contributed by atoms with E-state index in [0.29, 0.717) is 0 Å². The Hall–Kier alpha value is -6.69. The Balaban J connectivity index is -0.0000000501. The molecular formula is C84H159N9S2. The minimum absolute atomic E-state index is 0.822. The Morgan fingerprint density at radius 2 is 0.537 bits per heavy atom. The van der Waals surface area contributed by atoms with Crippen LogP contribution in [0.1, 0.15) is 282 Å². The second-order valence-corrected chi connectivity index (χ2v) is 15.8. The fraction of sp³-hybridized carbons (Fsp3) is 0.512. The van der Waals surface area contributed by atoms with E-state index in [4.69, 9.17) is 0 Å². The summed E-state index contributed by atoms with van der Waals surface area (Å²) in [6.07, 6.45) is 20.8. The number of nitrogens with zero attached hydrogens (tertiary/aromatic N) is 9. The SMILES string of the molecule is CC.CC.CC.CC.CC.CC.CC.CC.CC.CC.CC.CC.CC.CC.CC.CC.Cc1ccccc1.Cc1ccccn1.Cc1cccnc1.Cc1cccnc1.Cc1ccncn1.Cc1ccsc1C.Cc1ccsc1C.Cc1cncnc1.Cc1ncccn1. The van der Waals surface area contributed by atoms with Gasteiger partial charge >= 0.3 is 0 Å². The van der Waals surface area contributed by atoms with Crippen LogP contribution >= 0.6 is 22.7 Å². The molecule has 552 valence electrons. The van der Waals surface area contributed by atoms with Gasteiger partial charge in [-0.1, -0.05) is 276 Å². The molecule has 0 saturated heterocycles. The van der Waals surface area contributed by atoms with E-state index in [-0.39, 0.29) is 0 Å². The van der Waals surface area contributed by atoms with Crippen LogP contribution in [0, 0.1) is 76.2 Å². The highest BCUT2D eigenvalue weighted by Gasteiger charge is 1.88. The lowest BCUT2D eigenvalue weighted by molar-refractivity contribution is 1.05. The van der Waals surface area contributed by atoms with E-state index in [0.717, 1.165) is 22.8 Å². The Morgan fingerprint density at radius 3 is 0.674 bits per heavy atom. The highest BCUT2D eigenvalue weighted by molar-refractivity contribution is 7.10. The van der Waals surface area contributed by atoms with Crippen molar-refractivity contribution in [3.63, 3.8) is 0 Å². The average molecular weight is 1360 g/mol. The third-order valence-corrected chi connectivity index (χ3v) is 9.62. The second kappa shape index (κ2) is 144. The van der Waals surface area contributed by atoms with Gasteiger partial charge in [-0.25, -0.2) is 29.9 Å².